The van der Waals surface area contributed by atoms with Gasteiger partial charge in [-0.3, -0.25) is 9.59 Å². The minimum Gasteiger partial charge on any atom is -0.320 e. The third-order valence-corrected chi connectivity index (χ3v) is 5.22. The van der Waals surface area contributed by atoms with Crippen molar-refractivity contribution in [1.29, 1.82) is 0 Å². The first-order valence-corrected chi connectivity index (χ1v) is 10.3. The van der Waals surface area contributed by atoms with Crippen molar-refractivity contribution in [1.82, 2.24) is 9.78 Å². The van der Waals surface area contributed by atoms with Gasteiger partial charge in [0.25, 0.3) is 11.5 Å². The lowest BCUT2D eigenvalue weighted by molar-refractivity contribution is 0.102. The molecule has 29 heavy (non-hydrogen) atoms. The molecule has 3 rings (SSSR count). The molecule has 2 aromatic carbocycles. The first kappa shape index (κ1) is 20.8. The molecule has 0 unspecified atom stereocenters. The van der Waals surface area contributed by atoms with Crippen molar-refractivity contribution in [3.05, 3.63) is 69.1 Å². The third-order valence-electron chi connectivity index (χ3n) is 5.22. The molecule has 0 saturated carbocycles. The van der Waals surface area contributed by atoms with E-state index in [4.69, 9.17) is 0 Å². The molecule has 0 bridgehead atoms. The average molecular weight is 392 g/mol. The SMILES string of the molecule is CCCCCCn1nc(C(=O)Nc2c(C)cc(C)cc2C)c2ccccc2c1=O. The van der Waals surface area contributed by atoms with Crippen LogP contribution >= 0.6 is 0 Å². The molecule has 0 atom stereocenters. The Balaban J connectivity index is 2.00. The Kier molecular flexibility index (Phi) is 6.47. The van der Waals surface area contributed by atoms with Crippen LogP contribution in [0, 0.1) is 20.8 Å². The second-order valence-electron chi connectivity index (χ2n) is 7.71. The van der Waals surface area contributed by atoms with E-state index >= 15 is 0 Å². The van der Waals surface area contributed by atoms with Crippen molar-refractivity contribution < 1.29 is 4.79 Å². The summed E-state index contributed by atoms with van der Waals surface area (Å²) in [7, 11) is 0. The predicted molar refractivity (Wildman–Crippen MR) is 119 cm³/mol. The second kappa shape index (κ2) is 9.03. The van der Waals surface area contributed by atoms with Gasteiger partial charge in [0.05, 0.1) is 5.39 Å². The quantitative estimate of drug-likeness (QED) is 0.566. The molecule has 1 aromatic heterocycles. The number of benzene rings is 2. The maximum Gasteiger partial charge on any atom is 0.276 e. The number of amides is 1. The van der Waals surface area contributed by atoms with Gasteiger partial charge in [0.15, 0.2) is 5.69 Å². The van der Waals surface area contributed by atoms with E-state index in [-0.39, 0.29) is 17.2 Å². The Morgan fingerprint density at radius 2 is 1.66 bits per heavy atom. The molecular formula is C24H29N3O2. The second-order valence-corrected chi connectivity index (χ2v) is 7.71. The first-order valence-electron chi connectivity index (χ1n) is 10.3. The summed E-state index contributed by atoms with van der Waals surface area (Å²) in [5.74, 6) is -0.293. The molecule has 1 amide bonds. The Labute approximate surface area is 171 Å². The van der Waals surface area contributed by atoms with Crippen molar-refractivity contribution in [3.63, 3.8) is 0 Å². The van der Waals surface area contributed by atoms with E-state index in [0.29, 0.717) is 17.3 Å². The van der Waals surface area contributed by atoms with Crippen LogP contribution in [0.1, 0.15) is 59.8 Å². The van der Waals surface area contributed by atoms with Crippen LogP contribution in [0.2, 0.25) is 0 Å². The molecule has 1 heterocycles. The van der Waals surface area contributed by atoms with Crippen LogP contribution in [0.4, 0.5) is 5.69 Å². The van der Waals surface area contributed by atoms with Crippen LogP contribution in [0.15, 0.2) is 41.2 Å². The van der Waals surface area contributed by atoms with Crippen LogP contribution < -0.4 is 10.9 Å². The highest BCUT2D eigenvalue weighted by Crippen LogP contribution is 2.23. The summed E-state index contributed by atoms with van der Waals surface area (Å²) in [5.41, 5.74) is 4.11. The molecule has 0 saturated heterocycles. The van der Waals surface area contributed by atoms with Crippen molar-refractivity contribution >= 4 is 22.4 Å². The molecule has 0 aliphatic carbocycles. The van der Waals surface area contributed by atoms with Gasteiger partial charge in [-0.15, -0.1) is 0 Å². The fourth-order valence-corrected chi connectivity index (χ4v) is 3.79. The minimum atomic E-state index is -0.293. The van der Waals surface area contributed by atoms with E-state index in [1.165, 1.54) is 4.68 Å². The number of carbonyl (C=O) groups excluding carboxylic acids is 1. The van der Waals surface area contributed by atoms with Crippen LogP contribution in [-0.2, 0) is 6.54 Å². The lowest BCUT2D eigenvalue weighted by atomic mass is 10.0. The molecule has 0 aliphatic rings. The lowest BCUT2D eigenvalue weighted by Gasteiger charge is -2.14. The van der Waals surface area contributed by atoms with E-state index < -0.39 is 0 Å². The van der Waals surface area contributed by atoms with Gasteiger partial charge in [-0.05, 0) is 44.4 Å². The zero-order valence-corrected chi connectivity index (χ0v) is 17.7. The summed E-state index contributed by atoms with van der Waals surface area (Å²) in [5, 5.41) is 8.60. The van der Waals surface area contributed by atoms with Gasteiger partial charge in [-0.2, -0.15) is 5.10 Å². The Hall–Kier alpha value is -2.95. The van der Waals surface area contributed by atoms with E-state index in [2.05, 4.69) is 17.3 Å². The number of anilines is 1. The molecule has 0 spiro atoms. The lowest BCUT2D eigenvalue weighted by Crippen LogP contribution is -2.28. The number of fused-ring (bicyclic) bond motifs is 1. The van der Waals surface area contributed by atoms with E-state index in [0.717, 1.165) is 48.1 Å². The van der Waals surface area contributed by atoms with Crippen molar-refractivity contribution in [2.45, 2.75) is 59.9 Å². The molecule has 0 aliphatic heterocycles. The Bertz CT molecular complexity index is 1080. The summed E-state index contributed by atoms with van der Waals surface area (Å²) < 4.78 is 1.45. The highest BCUT2D eigenvalue weighted by molar-refractivity contribution is 6.11. The Morgan fingerprint density at radius 3 is 2.31 bits per heavy atom. The summed E-state index contributed by atoms with van der Waals surface area (Å²) in [6.07, 6.45) is 4.17. The largest absolute Gasteiger partial charge is 0.320 e. The predicted octanol–water partition coefficient (Wildman–Crippen LogP) is 5.15. The molecule has 0 fully saturated rings. The van der Waals surface area contributed by atoms with Gasteiger partial charge in [0.1, 0.15) is 0 Å². The summed E-state index contributed by atoms with van der Waals surface area (Å²) in [6.45, 7) is 8.67. The molecule has 152 valence electrons. The summed E-state index contributed by atoms with van der Waals surface area (Å²) >= 11 is 0. The molecule has 5 heteroatoms. The van der Waals surface area contributed by atoms with Gasteiger partial charge in [0.2, 0.25) is 0 Å². The standard InChI is InChI=1S/C24H29N3O2/c1-5-6-7-10-13-27-24(29)20-12-9-8-11-19(20)22(26-27)23(28)25-21-17(3)14-16(2)15-18(21)4/h8-9,11-12,14-15H,5-7,10,13H2,1-4H3,(H,25,28). The molecule has 3 aromatic rings. The van der Waals surface area contributed by atoms with Crippen molar-refractivity contribution in [2.75, 3.05) is 5.32 Å². The van der Waals surface area contributed by atoms with Crippen LogP contribution in [-0.4, -0.2) is 15.7 Å². The van der Waals surface area contributed by atoms with Gasteiger partial charge in [0, 0.05) is 17.6 Å². The van der Waals surface area contributed by atoms with Crippen molar-refractivity contribution in [3.8, 4) is 0 Å². The zero-order chi connectivity index (χ0) is 21.0. The van der Waals surface area contributed by atoms with Gasteiger partial charge < -0.3 is 5.32 Å². The zero-order valence-electron chi connectivity index (χ0n) is 17.7. The summed E-state index contributed by atoms with van der Waals surface area (Å²) in [4.78, 5) is 26.0. The monoisotopic (exact) mass is 391 g/mol. The normalized spacial score (nSPS) is 11.0. The van der Waals surface area contributed by atoms with Crippen LogP contribution in [0.3, 0.4) is 0 Å². The van der Waals surface area contributed by atoms with Gasteiger partial charge in [-0.1, -0.05) is 62.1 Å². The number of nitrogens with zero attached hydrogens (tertiary/aromatic N) is 2. The number of aromatic nitrogens is 2. The Morgan fingerprint density at radius 1 is 1.00 bits per heavy atom. The van der Waals surface area contributed by atoms with E-state index in [9.17, 15) is 9.59 Å². The number of hydrogen-bond acceptors (Lipinski definition) is 3. The highest BCUT2D eigenvalue weighted by Gasteiger charge is 2.18. The maximum atomic E-state index is 13.2. The molecule has 0 radical (unpaired) electrons. The molecule has 1 N–H and O–H groups in total. The third kappa shape index (κ3) is 4.56. The number of aryl methyl sites for hydroxylation is 4. The van der Waals surface area contributed by atoms with Gasteiger partial charge in [-0.25, -0.2) is 4.68 Å². The topological polar surface area (TPSA) is 64.0 Å². The number of unbranched alkanes of at least 4 members (excludes halogenated alkanes) is 3. The van der Waals surface area contributed by atoms with Gasteiger partial charge >= 0.3 is 0 Å². The maximum absolute atomic E-state index is 13.2. The first-order chi connectivity index (χ1) is 13.9. The van der Waals surface area contributed by atoms with Crippen LogP contribution in [0.5, 0.6) is 0 Å². The molecular weight excluding hydrogens is 362 g/mol. The van der Waals surface area contributed by atoms with Crippen LogP contribution in [0.25, 0.3) is 10.8 Å². The number of rotatable bonds is 7. The smallest absolute Gasteiger partial charge is 0.276 e. The average Bonchev–Trinajstić information content (AvgIpc) is 2.69. The fourth-order valence-electron chi connectivity index (χ4n) is 3.79. The number of hydrogen-bond donors (Lipinski definition) is 1. The number of carbonyl (C=O) groups is 1. The van der Waals surface area contributed by atoms with E-state index in [1.54, 1.807) is 12.1 Å². The minimum absolute atomic E-state index is 0.142. The highest BCUT2D eigenvalue weighted by atomic mass is 16.2. The number of nitrogens with one attached hydrogen (secondary N) is 1. The summed E-state index contributed by atoms with van der Waals surface area (Å²) in [6, 6.07) is 11.3. The van der Waals surface area contributed by atoms with Crippen molar-refractivity contribution in [2.24, 2.45) is 0 Å². The fraction of sp³-hybridized carbons (Fsp3) is 0.375. The molecule has 5 nitrogen and oxygen atoms in total. The van der Waals surface area contributed by atoms with E-state index in [1.807, 2.05) is 45.0 Å².